The van der Waals surface area contributed by atoms with Crippen molar-refractivity contribution in [2.45, 2.75) is 13.1 Å². The maximum absolute atomic E-state index is 13.5. The highest BCUT2D eigenvalue weighted by molar-refractivity contribution is 7.10. The quantitative estimate of drug-likeness (QED) is 0.451. The van der Waals surface area contributed by atoms with Gasteiger partial charge in [-0.05, 0) is 60.0 Å². The topological polar surface area (TPSA) is 67.2 Å². The van der Waals surface area contributed by atoms with E-state index in [1.54, 1.807) is 46.7 Å². The molecule has 1 aliphatic rings. The first-order chi connectivity index (χ1) is 15.5. The minimum atomic E-state index is -0.549. The number of thiophene rings is 1. The van der Waals surface area contributed by atoms with Crippen LogP contribution in [0, 0.1) is 5.82 Å². The van der Waals surface area contributed by atoms with E-state index < -0.39 is 11.7 Å². The molecular formula is C23H16ClFN4O2S. The molecule has 6 nitrogen and oxygen atoms in total. The average Bonchev–Trinajstić information content (AvgIpc) is 3.41. The van der Waals surface area contributed by atoms with Gasteiger partial charge < -0.3 is 10.2 Å². The van der Waals surface area contributed by atoms with Gasteiger partial charge in [0, 0.05) is 22.3 Å². The average molecular weight is 467 g/mol. The number of carbonyl (C=O) groups is 2. The number of aromatic nitrogens is 2. The summed E-state index contributed by atoms with van der Waals surface area (Å²) in [6, 6.07) is 14.0. The lowest BCUT2D eigenvalue weighted by molar-refractivity contribution is 0.0984. The van der Waals surface area contributed by atoms with Crippen molar-refractivity contribution in [1.82, 2.24) is 9.78 Å². The summed E-state index contributed by atoms with van der Waals surface area (Å²) in [5, 5.41) is 9.15. The number of hydrogen-bond acceptors (Lipinski definition) is 4. The minimum absolute atomic E-state index is 0.0398. The van der Waals surface area contributed by atoms with Crippen LogP contribution < -0.4 is 10.2 Å². The van der Waals surface area contributed by atoms with Gasteiger partial charge in [-0.1, -0.05) is 11.6 Å². The number of amides is 2. The number of benzene rings is 2. The summed E-state index contributed by atoms with van der Waals surface area (Å²) < 4.78 is 15.4. The summed E-state index contributed by atoms with van der Waals surface area (Å²) in [4.78, 5) is 28.6. The maximum Gasteiger partial charge on any atom is 0.258 e. The number of carbonyl (C=O) groups excluding carboxylic acids is 2. The van der Waals surface area contributed by atoms with Gasteiger partial charge >= 0.3 is 0 Å². The number of anilines is 2. The van der Waals surface area contributed by atoms with Crippen LogP contribution in [-0.2, 0) is 13.1 Å². The lowest BCUT2D eigenvalue weighted by Gasteiger charge is -2.21. The third kappa shape index (κ3) is 3.79. The second-order valence-electron chi connectivity index (χ2n) is 7.26. The van der Waals surface area contributed by atoms with Crippen molar-refractivity contribution in [1.29, 1.82) is 0 Å². The second kappa shape index (κ2) is 8.22. The SMILES string of the molecule is O=C(Nc1ccc(C(=O)N2Cc3ccnn3Cc3sccc32)cc1)c1cc(F)ccc1Cl. The van der Waals surface area contributed by atoms with Crippen LogP contribution in [0.2, 0.25) is 5.02 Å². The molecule has 0 aliphatic carbocycles. The van der Waals surface area contributed by atoms with Crippen LogP contribution in [0.25, 0.3) is 0 Å². The van der Waals surface area contributed by atoms with E-state index in [0.717, 1.165) is 22.3 Å². The van der Waals surface area contributed by atoms with Crippen LogP contribution >= 0.6 is 22.9 Å². The summed E-state index contributed by atoms with van der Waals surface area (Å²) in [6.07, 6.45) is 1.74. The largest absolute Gasteiger partial charge is 0.322 e. The number of halogens is 2. The van der Waals surface area contributed by atoms with Crippen LogP contribution in [0.1, 0.15) is 31.3 Å². The number of rotatable bonds is 3. The zero-order valence-corrected chi connectivity index (χ0v) is 18.2. The monoisotopic (exact) mass is 466 g/mol. The second-order valence-corrected chi connectivity index (χ2v) is 8.66. The third-order valence-corrected chi connectivity index (χ3v) is 6.46. The Kier molecular flexibility index (Phi) is 5.24. The van der Waals surface area contributed by atoms with Crippen molar-refractivity contribution in [2.75, 3.05) is 10.2 Å². The highest BCUT2D eigenvalue weighted by Gasteiger charge is 2.26. The van der Waals surface area contributed by atoms with Gasteiger partial charge in [0.05, 0.1) is 35.1 Å². The number of nitrogens with one attached hydrogen (secondary N) is 1. The summed E-state index contributed by atoms with van der Waals surface area (Å²) in [5.41, 5.74) is 2.83. The van der Waals surface area contributed by atoms with E-state index in [1.807, 2.05) is 22.2 Å². The Hall–Kier alpha value is -3.49. The Bertz CT molecular complexity index is 1330. The first-order valence-corrected chi connectivity index (χ1v) is 11.0. The molecule has 0 saturated heterocycles. The maximum atomic E-state index is 13.5. The summed E-state index contributed by atoms with van der Waals surface area (Å²) >= 11 is 7.59. The predicted molar refractivity (Wildman–Crippen MR) is 122 cm³/mol. The van der Waals surface area contributed by atoms with Crippen LogP contribution in [0.3, 0.4) is 0 Å². The van der Waals surface area contributed by atoms with Gasteiger partial charge in [-0.15, -0.1) is 11.3 Å². The van der Waals surface area contributed by atoms with Crippen molar-refractivity contribution >= 4 is 46.1 Å². The highest BCUT2D eigenvalue weighted by Crippen LogP contribution is 2.32. The van der Waals surface area contributed by atoms with E-state index in [-0.39, 0.29) is 16.5 Å². The normalized spacial score (nSPS) is 12.6. The molecule has 1 N–H and O–H groups in total. The smallest absolute Gasteiger partial charge is 0.258 e. The van der Waals surface area contributed by atoms with Crippen LogP contribution in [-0.4, -0.2) is 21.6 Å². The van der Waals surface area contributed by atoms with Gasteiger partial charge in [0.2, 0.25) is 0 Å². The van der Waals surface area contributed by atoms with E-state index >= 15 is 0 Å². The Balaban J connectivity index is 1.37. The molecule has 0 bridgehead atoms. The molecule has 0 atom stereocenters. The molecule has 2 amide bonds. The third-order valence-electron chi connectivity index (χ3n) is 5.24. The summed E-state index contributed by atoms with van der Waals surface area (Å²) in [5.74, 6) is -1.23. The van der Waals surface area contributed by atoms with Crippen molar-refractivity contribution < 1.29 is 14.0 Å². The van der Waals surface area contributed by atoms with Gasteiger partial charge in [0.25, 0.3) is 11.8 Å². The van der Waals surface area contributed by atoms with Crippen LogP contribution in [0.15, 0.2) is 66.2 Å². The zero-order valence-electron chi connectivity index (χ0n) is 16.6. The molecule has 5 rings (SSSR count). The van der Waals surface area contributed by atoms with Gasteiger partial charge in [0.1, 0.15) is 5.82 Å². The van der Waals surface area contributed by atoms with Crippen molar-refractivity contribution in [2.24, 2.45) is 0 Å². The number of nitrogens with zero attached hydrogens (tertiary/aromatic N) is 3. The van der Waals surface area contributed by atoms with Gasteiger partial charge in [-0.2, -0.15) is 5.10 Å². The van der Waals surface area contributed by atoms with Gasteiger partial charge in [0.15, 0.2) is 0 Å². The molecule has 0 fully saturated rings. The molecule has 2 aromatic carbocycles. The first-order valence-electron chi connectivity index (χ1n) is 9.75. The van der Waals surface area contributed by atoms with Crippen molar-refractivity contribution in [3.05, 3.63) is 98.7 Å². The molecule has 9 heteroatoms. The molecule has 2 aromatic heterocycles. The fourth-order valence-electron chi connectivity index (χ4n) is 3.62. The zero-order chi connectivity index (χ0) is 22.2. The molecule has 160 valence electrons. The molecule has 0 saturated carbocycles. The molecule has 4 aromatic rings. The van der Waals surface area contributed by atoms with E-state index in [9.17, 15) is 14.0 Å². The molecule has 3 heterocycles. The van der Waals surface area contributed by atoms with E-state index in [0.29, 0.717) is 24.3 Å². The summed E-state index contributed by atoms with van der Waals surface area (Å²) in [7, 11) is 0. The Morgan fingerprint density at radius 2 is 1.88 bits per heavy atom. The van der Waals surface area contributed by atoms with Crippen molar-refractivity contribution in [3.63, 3.8) is 0 Å². The standard InChI is InChI=1S/C23H16ClFN4O2S/c24-19-6-3-15(25)11-18(19)22(30)27-16-4-1-14(2-5-16)23(31)28-12-17-7-9-26-29(17)13-21-20(28)8-10-32-21/h1-11H,12-13H2,(H,27,30). The molecule has 32 heavy (non-hydrogen) atoms. The summed E-state index contributed by atoms with van der Waals surface area (Å²) in [6.45, 7) is 1.05. The lowest BCUT2D eigenvalue weighted by atomic mass is 10.1. The van der Waals surface area contributed by atoms with E-state index in [4.69, 9.17) is 11.6 Å². The van der Waals surface area contributed by atoms with E-state index in [2.05, 4.69) is 10.4 Å². The number of hydrogen-bond donors (Lipinski definition) is 1. The van der Waals surface area contributed by atoms with E-state index in [1.165, 1.54) is 12.1 Å². The fraction of sp³-hybridized carbons (Fsp3) is 0.0870. The van der Waals surface area contributed by atoms with Crippen LogP contribution in [0.4, 0.5) is 15.8 Å². The molecule has 0 unspecified atom stereocenters. The molecule has 1 aliphatic heterocycles. The number of fused-ring (bicyclic) bond motifs is 2. The Morgan fingerprint density at radius 1 is 1.06 bits per heavy atom. The lowest BCUT2D eigenvalue weighted by Crippen LogP contribution is -2.30. The fourth-order valence-corrected chi connectivity index (χ4v) is 4.68. The molecule has 0 spiro atoms. The van der Waals surface area contributed by atoms with Gasteiger partial charge in [-0.25, -0.2) is 4.39 Å². The minimum Gasteiger partial charge on any atom is -0.322 e. The predicted octanol–water partition coefficient (Wildman–Crippen LogP) is 5.20. The molecule has 0 radical (unpaired) electrons. The highest BCUT2D eigenvalue weighted by atomic mass is 35.5. The van der Waals surface area contributed by atoms with Crippen LogP contribution in [0.5, 0.6) is 0 Å². The first kappa shape index (κ1) is 20.4. The molecular weight excluding hydrogens is 451 g/mol. The Labute approximate surface area is 191 Å². The Morgan fingerprint density at radius 3 is 2.69 bits per heavy atom. The van der Waals surface area contributed by atoms with Crippen molar-refractivity contribution in [3.8, 4) is 0 Å². The van der Waals surface area contributed by atoms with Gasteiger partial charge in [-0.3, -0.25) is 14.3 Å².